The van der Waals surface area contributed by atoms with E-state index in [4.69, 9.17) is 46.3 Å². The van der Waals surface area contributed by atoms with Crippen LogP contribution in [0, 0.1) is 5.82 Å². The van der Waals surface area contributed by atoms with Gasteiger partial charge in [0.1, 0.15) is 10.3 Å². The number of amides is 1. The molecule has 1 heterocycles. The fraction of sp³-hybridized carbons (Fsp3) is 0.0833. The van der Waals surface area contributed by atoms with Crippen molar-refractivity contribution in [2.24, 2.45) is 5.73 Å². The van der Waals surface area contributed by atoms with Crippen molar-refractivity contribution in [2.45, 2.75) is 6.54 Å². The van der Waals surface area contributed by atoms with E-state index in [1.165, 1.54) is 16.8 Å². The number of carbonyl (C=O) groups is 1. The van der Waals surface area contributed by atoms with Crippen LogP contribution in [-0.2, 0) is 6.54 Å². The largest absolute Gasteiger partial charge is 0.382 e. The van der Waals surface area contributed by atoms with Gasteiger partial charge in [0.05, 0.1) is 11.6 Å². The van der Waals surface area contributed by atoms with E-state index in [-0.39, 0.29) is 27.6 Å². The molecule has 0 aliphatic carbocycles. The highest BCUT2D eigenvalue weighted by atomic mass is 35.5. The molecule has 1 aromatic carbocycles. The van der Waals surface area contributed by atoms with Gasteiger partial charge in [0.15, 0.2) is 11.5 Å². The summed E-state index contributed by atoms with van der Waals surface area (Å²) in [6, 6.07) is 3.98. The van der Waals surface area contributed by atoms with Crippen LogP contribution >= 0.6 is 34.8 Å². The molecule has 0 spiro atoms. The summed E-state index contributed by atoms with van der Waals surface area (Å²) in [7, 11) is 0. The minimum Gasteiger partial charge on any atom is -0.382 e. The van der Waals surface area contributed by atoms with Gasteiger partial charge in [0, 0.05) is 0 Å². The van der Waals surface area contributed by atoms with Crippen LogP contribution in [0.15, 0.2) is 22.7 Å². The van der Waals surface area contributed by atoms with Gasteiger partial charge in [-0.1, -0.05) is 40.0 Å². The summed E-state index contributed by atoms with van der Waals surface area (Å²) >= 11 is 17.1. The first-order chi connectivity index (χ1) is 10.3. The first-order valence-corrected chi connectivity index (χ1v) is 6.92. The molecule has 2 rings (SSSR count). The Hall–Kier alpha value is -1.83. The molecule has 1 amide bonds. The average Bonchev–Trinajstić information content (AvgIpc) is 2.78. The molecule has 0 fully saturated rings. The highest BCUT2D eigenvalue weighted by molar-refractivity contribution is 6.66. The molecule has 0 saturated heterocycles. The summed E-state index contributed by atoms with van der Waals surface area (Å²) in [6.45, 7) is 0.0565. The van der Waals surface area contributed by atoms with E-state index in [9.17, 15) is 9.18 Å². The highest BCUT2D eigenvalue weighted by Gasteiger charge is 2.15. The van der Waals surface area contributed by atoms with Gasteiger partial charge in [-0.15, -0.1) is 5.10 Å². The van der Waals surface area contributed by atoms with Crippen molar-refractivity contribution in [1.29, 1.82) is 0 Å². The smallest absolute Gasteiger partial charge is 0.273 e. The van der Waals surface area contributed by atoms with Crippen LogP contribution in [0.1, 0.15) is 21.6 Å². The summed E-state index contributed by atoms with van der Waals surface area (Å²) < 4.78 is 14.7. The van der Waals surface area contributed by atoms with Crippen LogP contribution in [-0.4, -0.2) is 20.9 Å². The van der Waals surface area contributed by atoms with Crippen LogP contribution in [0.25, 0.3) is 5.03 Å². The molecule has 22 heavy (non-hydrogen) atoms. The quantitative estimate of drug-likeness (QED) is 0.870. The molecule has 0 atom stereocenters. The maximum absolute atomic E-state index is 13.7. The fourth-order valence-electron chi connectivity index (χ4n) is 1.76. The van der Waals surface area contributed by atoms with Crippen molar-refractivity contribution >= 4 is 51.6 Å². The summed E-state index contributed by atoms with van der Waals surface area (Å²) in [6.07, 6.45) is 0. The van der Waals surface area contributed by atoms with E-state index in [2.05, 4.69) is 10.3 Å². The third-order valence-corrected chi connectivity index (χ3v) is 3.69. The molecular formula is C12H9Cl3FN5O. The molecule has 2 aromatic rings. The number of hydrogen-bond donors (Lipinski definition) is 2. The van der Waals surface area contributed by atoms with Crippen LogP contribution in [0.3, 0.4) is 0 Å². The lowest BCUT2D eigenvalue weighted by Gasteiger charge is -2.07. The van der Waals surface area contributed by atoms with Crippen molar-refractivity contribution in [1.82, 2.24) is 15.0 Å². The Bertz CT molecular complexity index is 770. The molecule has 4 N–H and O–H groups in total. The number of carbonyl (C=O) groups excluding carboxylic acids is 1. The lowest BCUT2D eigenvalue weighted by Crippen LogP contribution is -2.15. The van der Waals surface area contributed by atoms with Gasteiger partial charge < -0.3 is 11.5 Å². The third kappa shape index (κ3) is 3.49. The number of hydrogen-bond acceptors (Lipinski definition) is 4. The molecule has 0 bridgehead atoms. The molecular weight excluding hydrogens is 356 g/mol. The number of nitrogens with two attached hydrogens (primary N) is 2. The Morgan fingerprint density at radius 3 is 2.50 bits per heavy atom. The van der Waals surface area contributed by atoms with E-state index in [0.717, 1.165) is 0 Å². The van der Waals surface area contributed by atoms with E-state index >= 15 is 0 Å². The number of aromatic nitrogens is 3. The van der Waals surface area contributed by atoms with Crippen LogP contribution in [0.4, 0.5) is 10.2 Å². The van der Waals surface area contributed by atoms with Gasteiger partial charge in [0.2, 0.25) is 0 Å². The molecule has 0 unspecified atom stereocenters. The molecule has 116 valence electrons. The van der Waals surface area contributed by atoms with Crippen LogP contribution < -0.4 is 11.5 Å². The maximum Gasteiger partial charge on any atom is 0.273 e. The zero-order valence-corrected chi connectivity index (χ0v) is 13.1. The Balaban J connectivity index is 2.39. The first kappa shape index (κ1) is 16.5. The van der Waals surface area contributed by atoms with Crippen LogP contribution in [0.2, 0.25) is 0 Å². The lowest BCUT2D eigenvalue weighted by atomic mass is 10.1. The summed E-state index contributed by atoms with van der Waals surface area (Å²) in [4.78, 5) is 11.1. The number of primary amides is 1. The highest BCUT2D eigenvalue weighted by Crippen LogP contribution is 2.29. The minimum atomic E-state index is -0.802. The molecule has 6 nitrogen and oxygen atoms in total. The van der Waals surface area contributed by atoms with E-state index in [1.807, 2.05) is 0 Å². The predicted molar refractivity (Wildman–Crippen MR) is 82.9 cm³/mol. The lowest BCUT2D eigenvalue weighted by molar-refractivity contribution is 0.0996. The van der Waals surface area contributed by atoms with Gasteiger partial charge >= 0.3 is 0 Å². The molecule has 0 radical (unpaired) electrons. The van der Waals surface area contributed by atoms with Crippen molar-refractivity contribution < 1.29 is 9.18 Å². The molecule has 1 aromatic heterocycles. The van der Waals surface area contributed by atoms with Crippen molar-refractivity contribution in [3.05, 3.63) is 45.3 Å². The van der Waals surface area contributed by atoms with Gasteiger partial charge in [-0.2, -0.15) is 0 Å². The Morgan fingerprint density at radius 2 is 1.95 bits per heavy atom. The van der Waals surface area contributed by atoms with Gasteiger partial charge in [-0.05, 0) is 29.3 Å². The van der Waals surface area contributed by atoms with Gasteiger partial charge in [-0.3, -0.25) is 4.79 Å². The standard InChI is InChI=1S/C12H9Cl3FN5O/c13-8(10(14)15)6-1-5(2-7(16)3-6)4-21-11(17)9(12(18)22)19-20-21/h1-3H,4,17H2,(H2,18,22). The molecule has 10 heteroatoms. The maximum atomic E-state index is 13.7. The number of anilines is 1. The second kappa shape index (κ2) is 6.51. The van der Waals surface area contributed by atoms with Gasteiger partial charge in [0.25, 0.3) is 5.91 Å². The Labute approximate surface area is 139 Å². The monoisotopic (exact) mass is 363 g/mol. The Morgan fingerprint density at radius 1 is 1.27 bits per heavy atom. The Kier molecular flexibility index (Phi) is 4.90. The first-order valence-electron chi connectivity index (χ1n) is 5.79. The van der Waals surface area contributed by atoms with E-state index in [1.54, 1.807) is 6.07 Å². The third-order valence-electron chi connectivity index (χ3n) is 2.72. The van der Waals surface area contributed by atoms with Crippen molar-refractivity contribution in [2.75, 3.05) is 5.73 Å². The number of halogens is 4. The normalized spacial score (nSPS) is 10.5. The minimum absolute atomic E-state index is 0.00784. The van der Waals surface area contributed by atoms with Crippen LogP contribution in [0.5, 0.6) is 0 Å². The number of nitrogen functional groups attached to an aromatic ring is 1. The number of rotatable bonds is 4. The topological polar surface area (TPSA) is 99.8 Å². The second-order valence-electron chi connectivity index (χ2n) is 4.27. The second-order valence-corrected chi connectivity index (χ2v) is 5.60. The summed E-state index contributed by atoms with van der Waals surface area (Å²) in [5.41, 5.74) is 11.4. The summed E-state index contributed by atoms with van der Waals surface area (Å²) in [5.74, 6) is -1.37. The van der Waals surface area contributed by atoms with Gasteiger partial charge in [-0.25, -0.2) is 9.07 Å². The number of benzene rings is 1. The SMILES string of the molecule is NC(=O)c1nnn(Cc2cc(F)cc(C(Cl)=C(Cl)Cl)c2)c1N. The average molecular weight is 365 g/mol. The van der Waals surface area contributed by atoms with Crippen molar-refractivity contribution in [3.63, 3.8) is 0 Å². The van der Waals surface area contributed by atoms with E-state index in [0.29, 0.717) is 11.1 Å². The number of nitrogens with zero attached hydrogens (tertiary/aromatic N) is 3. The summed E-state index contributed by atoms with van der Waals surface area (Å²) in [5, 5.41) is 7.26. The zero-order valence-electron chi connectivity index (χ0n) is 10.9. The molecule has 0 saturated carbocycles. The van der Waals surface area contributed by atoms with Crippen molar-refractivity contribution in [3.8, 4) is 0 Å². The predicted octanol–water partition coefficient (Wildman–Crippen LogP) is 2.49. The molecule has 0 aliphatic rings. The fourth-order valence-corrected chi connectivity index (χ4v) is 2.09. The zero-order chi connectivity index (χ0) is 16.4. The van der Waals surface area contributed by atoms with E-state index < -0.39 is 11.7 Å². The molecule has 0 aliphatic heterocycles.